The van der Waals surface area contributed by atoms with E-state index in [2.05, 4.69) is 21.2 Å². The first-order chi connectivity index (χ1) is 13.1. The van der Waals surface area contributed by atoms with Crippen molar-refractivity contribution in [3.8, 4) is 11.5 Å². The molecule has 5 nitrogen and oxygen atoms in total. The lowest BCUT2D eigenvalue weighted by molar-refractivity contribution is 0.171. The van der Waals surface area contributed by atoms with Crippen LogP contribution in [-0.2, 0) is 6.54 Å². The fraction of sp³-hybridized carbons (Fsp3) is 0.381. The van der Waals surface area contributed by atoms with E-state index in [1.807, 2.05) is 49.5 Å². The van der Waals surface area contributed by atoms with Gasteiger partial charge in [-0.3, -0.25) is 0 Å². The van der Waals surface area contributed by atoms with Crippen LogP contribution >= 0.6 is 15.9 Å². The maximum Gasteiger partial charge on any atom is 0.317 e. The van der Waals surface area contributed by atoms with E-state index in [0.717, 1.165) is 39.9 Å². The SMILES string of the molecule is CN(Cc1ccc(Br)cc1)C(=O)NC(c1ccc2c(c1)OCCO2)C1CC1. The number of hydrogen-bond donors (Lipinski definition) is 1. The number of carbonyl (C=O) groups is 1. The quantitative estimate of drug-likeness (QED) is 0.758. The van der Waals surface area contributed by atoms with Crippen LogP contribution in [0.4, 0.5) is 4.79 Å². The molecule has 1 aliphatic heterocycles. The molecule has 2 aliphatic rings. The number of halogens is 1. The van der Waals surface area contributed by atoms with Crippen molar-refractivity contribution < 1.29 is 14.3 Å². The van der Waals surface area contributed by atoms with Gasteiger partial charge in [-0.05, 0) is 54.2 Å². The summed E-state index contributed by atoms with van der Waals surface area (Å²) in [5.41, 5.74) is 2.17. The number of hydrogen-bond acceptors (Lipinski definition) is 3. The van der Waals surface area contributed by atoms with E-state index < -0.39 is 0 Å². The number of nitrogens with one attached hydrogen (secondary N) is 1. The summed E-state index contributed by atoms with van der Waals surface area (Å²) in [6, 6.07) is 13.9. The van der Waals surface area contributed by atoms with Crippen LogP contribution in [-0.4, -0.2) is 31.2 Å². The monoisotopic (exact) mass is 430 g/mol. The second-order valence-electron chi connectivity index (χ2n) is 7.15. The average molecular weight is 431 g/mol. The van der Waals surface area contributed by atoms with Crippen molar-refractivity contribution in [3.63, 3.8) is 0 Å². The minimum absolute atomic E-state index is 0.000643. The lowest BCUT2D eigenvalue weighted by Crippen LogP contribution is -2.39. The highest BCUT2D eigenvalue weighted by Gasteiger charge is 2.34. The van der Waals surface area contributed by atoms with Crippen molar-refractivity contribution in [2.24, 2.45) is 5.92 Å². The first kappa shape index (κ1) is 18.2. The van der Waals surface area contributed by atoms with Gasteiger partial charge in [-0.1, -0.05) is 34.1 Å². The summed E-state index contributed by atoms with van der Waals surface area (Å²) in [7, 11) is 1.82. The first-order valence-electron chi connectivity index (χ1n) is 9.26. The Morgan fingerprint density at radius 3 is 2.56 bits per heavy atom. The zero-order valence-corrected chi connectivity index (χ0v) is 16.9. The number of nitrogens with zero attached hydrogens (tertiary/aromatic N) is 1. The van der Waals surface area contributed by atoms with Gasteiger partial charge in [0, 0.05) is 18.1 Å². The van der Waals surface area contributed by atoms with Crippen molar-refractivity contribution >= 4 is 22.0 Å². The van der Waals surface area contributed by atoms with Gasteiger partial charge in [0.25, 0.3) is 0 Å². The minimum atomic E-state index is -0.0651. The highest BCUT2D eigenvalue weighted by atomic mass is 79.9. The Balaban J connectivity index is 1.45. The molecule has 1 aliphatic carbocycles. The zero-order valence-electron chi connectivity index (χ0n) is 15.3. The Hall–Kier alpha value is -2.21. The van der Waals surface area contributed by atoms with Crippen molar-refractivity contribution in [2.75, 3.05) is 20.3 Å². The second kappa shape index (κ2) is 7.80. The molecule has 6 heteroatoms. The third-order valence-electron chi connectivity index (χ3n) is 4.98. The molecular formula is C21H23BrN2O3. The van der Waals surface area contributed by atoms with E-state index in [-0.39, 0.29) is 12.1 Å². The van der Waals surface area contributed by atoms with Crippen LogP contribution in [0.2, 0.25) is 0 Å². The predicted molar refractivity (Wildman–Crippen MR) is 107 cm³/mol. The molecule has 142 valence electrons. The molecule has 2 amide bonds. The molecule has 1 atom stereocenters. The molecular weight excluding hydrogens is 408 g/mol. The Bertz CT molecular complexity index is 821. The third-order valence-corrected chi connectivity index (χ3v) is 5.51. The standard InChI is InChI=1S/C21H23BrN2O3/c1-24(13-14-2-7-17(22)8-3-14)21(25)23-20(15-4-5-15)16-6-9-18-19(12-16)27-11-10-26-18/h2-3,6-9,12,15,20H,4-5,10-11,13H2,1H3,(H,23,25). The Morgan fingerprint density at radius 2 is 1.85 bits per heavy atom. The number of carbonyl (C=O) groups excluding carboxylic acids is 1. The van der Waals surface area contributed by atoms with Gasteiger partial charge in [0.2, 0.25) is 0 Å². The highest BCUT2D eigenvalue weighted by Crippen LogP contribution is 2.43. The van der Waals surface area contributed by atoms with Gasteiger partial charge in [-0.15, -0.1) is 0 Å². The van der Waals surface area contributed by atoms with Crippen molar-refractivity contribution in [1.82, 2.24) is 10.2 Å². The first-order valence-corrected chi connectivity index (χ1v) is 10.0. The molecule has 2 aromatic carbocycles. The van der Waals surface area contributed by atoms with Crippen molar-refractivity contribution in [2.45, 2.75) is 25.4 Å². The zero-order chi connectivity index (χ0) is 18.8. The summed E-state index contributed by atoms with van der Waals surface area (Å²) >= 11 is 3.44. The van der Waals surface area contributed by atoms with Gasteiger partial charge in [-0.25, -0.2) is 4.79 Å². The molecule has 1 unspecified atom stereocenters. The average Bonchev–Trinajstić information content (AvgIpc) is 3.52. The van der Waals surface area contributed by atoms with Gasteiger partial charge in [0.05, 0.1) is 6.04 Å². The third kappa shape index (κ3) is 4.38. The number of amides is 2. The molecule has 0 spiro atoms. The molecule has 1 N–H and O–H groups in total. The number of fused-ring (bicyclic) bond motifs is 1. The van der Waals surface area contributed by atoms with Crippen LogP contribution in [0.5, 0.6) is 11.5 Å². The fourth-order valence-corrected chi connectivity index (χ4v) is 3.60. The van der Waals surface area contributed by atoms with E-state index in [1.54, 1.807) is 4.90 Å². The smallest absolute Gasteiger partial charge is 0.317 e. The summed E-state index contributed by atoms with van der Waals surface area (Å²) in [6.45, 7) is 1.71. The normalized spacial score (nSPS) is 16.5. The molecule has 1 saturated carbocycles. The predicted octanol–water partition coefficient (Wildman–Crippen LogP) is 4.51. The molecule has 1 heterocycles. The number of benzene rings is 2. The fourth-order valence-electron chi connectivity index (χ4n) is 3.34. The molecule has 0 radical (unpaired) electrons. The molecule has 0 aromatic heterocycles. The van der Waals surface area contributed by atoms with Crippen LogP contribution < -0.4 is 14.8 Å². The van der Waals surface area contributed by atoms with E-state index in [0.29, 0.717) is 25.7 Å². The Kier molecular flexibility index (Phi) is 5.25. The van der Waals surface area contributed by atoms with Gasteiger partial charge in [0.1, 0.15) is 13.2 Å². The summed E-state index contributed by atoms with van der Waals surface area (Å²) in [6.07, 6.45) is 2.27. The largest absolute Gasteiger partial charge is 0.486 e. The molecule has 27 heavy (non-hydrogen) atoms. The van der Waals surface area contributed by atoms with E-state index in [1.165, 1.54) is 0 Å². The van der Waals surface area contributed by atoms with Gasteiger partial charge in [0.15, 0.2) is 11.5 Å². The topological polar surface area (TPSA) is 50.8 Å². The van der Waals surface area contributed by atoms with Gasteiger partial charge in [-0.2, -0.15) is 0 Å². The van der Waals surface area contributed by atoms with Crippen LogP contribution in [0.15, 0.2) is 46.9 Å². The van der Waals surface area contributed by atoms with Gasteiger partial charge < -0.3 is 19.7 Å². The molecule has 0 bridgehead atoms. The maximum absolute atomic E-state index is 12.8. The van der Waals surface area contributed by atoms with Crippen molar-refractivity contribution in [3.05, 3.63) is 58.1 Å². The van der Waals surface area contributed by atoms with Gasteiger partial charge >= 0.3 is 6.03 Å². The maximum atomic E-state index is 12.8. The van der Waals surface area contributed by atoms with Crippen LogP contribution in [0.3, 0.4) is 0 Å². The van der Waals surface area contributed by atoms with Crippen LogP contribution in [0.25, 0.3) is 0 Å². The van der Waals surface area contributed by atoms with E-state index in [4.69, 9.17) is 9.47 Å². The van der Waals surface area contributed by atoms with Crippen molar-refractivity contribution in [1.29, 1.82) is 0 Å². The summed E-state index contributed by atoms with van der Waals surface area (Å²) in [5, 5.41) is 3.21. The summed E-state index contributed by atoms with van der Waals surface area (Å²) in [5.74, 6) is 2.03. The van der Waals surface area contributed by atoms with Crippen LogP contribution in [0, 0.1) is 5.92 Å². The van der Waals surface area contributed by atoms with E-state index in [9.17, 15) is 4.79 Å². The second-order valence-corrected chi connectivity index (χ2v) is 8.07. The Morgan fingerprint density at radius 1 is 1.15 bits per heavy atom. The highest BCUT2D eigenvalue weighted by molar-refractivity contribution is 9.10. The summed E-state index contributed by atoms with van der Waals surface area (Å²) < 4.78 is 12.3. The molecule has 0 saturated heterocycles. The number of ether oxygens (including phenoxy) is 2. The molecule has 2 aromatic rings. The molecule has 4 rings (SSSR count). The lowest BCUT2D eigenvalue weighted by atomic mass is 10.0. The van der Waals surface area contributed by atoms with E-state index >= 15 is 0 Å². The van der Waals surface area contributed by atoms with Crippen LogP contribution in [0.1, 0.15) is 30.0 Å². The molecule has 1 fully saturated rings. The Labute approximate surface area is 167 Å². The number of urea groups is 1. The lowest BCUT2D eigenvalue weighted by Gasteiger charge is -2.25. The number of rotatable bonds is 5. The minimum Gasteiger partial charge on any atom is -0.486 e. The summed E-state index contributed by atoms with van der Waals surface area (Å²) in [4.78, 5) is 14.5.